The fraction of sp³-hybridized carbons (Fsp3) is 0.143. The van der Waals surface area contributed by atoms with Crippen LogP contribution < -0.4 is 15.5 Å². The lowest BCUT2D eigenvalue weighted by Gasteiger charge is -2.09. The number of carbonyl (C=O) groups is 2. The highest BCUT2D eigenvalue weighted by atomic mass is 16.6. The van der Waals surface area contributed by atoms with Crippen LogP contribution in [-0.2, 0) is 11.3 Å². The van der Waals surface area contributed by atoms with E-state index in [0.29, 0.717) is 22.6 Å². The van der Waals surface area contributed by atoms with Crippen molar-refractivity contribution in [3.63, 3.8) is 0 Å². The predicted molar refractivity (Wildman–Crippen MR) is 117 cm³/mol. The second-order valence-electron chi connectivity index (χ2n) is 6.68. The number of rotatable bonds is 8. The Morgan fingerprint density at radius 2 is 2.00 bits per heavy atom. The van der Waals surface area contributed by atoms with E-state index in [9.17, 15) is 19.7 Å². The van der Waals surface area contributed by atoms with E-state index in [4.69, 9.17) is 4.74 Å². The second kappa shape index (κ2) is 9.98. The van der Waals surface area contributed by atoms with Crippen LogP contribution in [0.3, 0.4) is 0 Å². The standard InChI is InChI=1S/C21H20N6O5/c1-14(28)24-18-6-4-16(5-7-18)21(29)25-22-10-15-3-8-20(32-2)17(9-15)12-26-13-19(11-23-26)27(30)31/h3-11,13H,12H2,1-2H3,(H,24,28)(H,25,29)/b22-10+. The number of carbonyl (C=O) groups excluding carboxylic acids is 2. The summed E-state index contributed by atoms with van der Waals surface area (Å²) in [7, 11) is 1.52. The number of hydrogen-bond acceptors (Lipinski definition) is 7. The number of benzene rings is 2. The molecule has 0 radical (unpaired) electrons. The van der Waals surface area contributed by atoms with Crippen molar-refractivity contribution in [3.05, 3.63) is 81.7 Å². The van der Waals surface area contributed by atoms with Gasteiger partial charge >= 0.3 is 5.69 Å². The Labute approximate surface area is 182 Å². The maximum absolute atomic E-state index is 12.2. The molecule has 1 aromatic heterocycles. The van der Waals surface area contributed by atoms with Gasteiger partial charge in [-0.3, -0.25) is 24.4 Å². The Hall–Kier alpha value is -4.54. The number of anilines is 1. The second-order valence-corrected chi connectivity index (χ2v) is 6.68. The Morgan fingerprint density at radius 1 is 1.25 bits per heavy atom. The molecule has 2 N–H and O–H groups in total. The summed E-state index contributed by atoms with van der Waals surface area (Å²) in [4.78, 5) is 33.6. The molecule has 0 saturated heterocycles. The van der Waals surface area contributed by atoms with E-state index < -0.39 is 10.8 Å². The number of nitrogens with one attached hydrogen (secondary N) is 2. The smallest absolute Gasteiger partial charge is 0.307 e. The molecular formula is C21H20N6O5. The average Bonchev–Trinajstić information content (AvgIpc) is 3.23. The zero-order valence-electron chi connectivity index (χ0n) is 17.3. The minimum Gasteiger partial charge on any atom is -0.496 e. The number of hydrogen-bond donors (Lipinski definition) is 2. The fourth-order valence-electron chi connectivity index (χ4n) is 2.85. The van der Waals surface area contributed by atoms with Crippen molar-refractivity contribution in [1.29, 1.82) is 0 Å². The molecule has 0 unspecified atom stereocenters. The van der Waals surface area contributed by atoms with Gasteiger partial charge in [-0.1, -0.05) is 0 Å². The van der Waals surface area contributed by atoms with E-state index in [1.807, 2.05) is 0 Å². The molecule has 3 rings (SSSR count). The lowest BCUT2D eigenvalue weighted by molar-refractivity contribution is -0.385. The van der Waals surface area contributed by atoms with Crippen molar-refractivity contribution in [2.24, 2.45) is 5.10 Å². The lowest BCUT2D eigenvalue weighted by Crippen LogP contribution is -2.17. The Bertz CT molecular complexity index is 1170. The minimum absolute atomic E-state index is 0.102. The summed E-state index contributed by atoms with van der Waals surface area (Å²) in [6.07, 6.45) is 3.98. The van der Waals surface area contributed by atoms with Gasteiger partial charge < -0.3 is 10.1 Å². The van der Waals surface area contributed by atoms with Crippen LogP contribution in [0.4, 0.5) is 11.4 Å². The number of ether oxygens (including phenoxy) is 1. The molecule has 0 aliphatic carbocycles. The first-order valence-corrected chi connectivity index (χ1v) is 9.40. The molecule has 0 aliphatic rings. The maximum atomic E-state index is 12.2. The molecule has 0 atom stereocenters. The van der Waals surface area contributed by atoms with Gasteiger partial charge in [0.15, 0.2) is 0 Å². The molecule has 0 spiro atoms. The van der Waals surface area contributed by atoms with Crippen molar-refractivity contribution in [2.75, 3.05) is 12.4 Å². The Balaban J connectivity index is 1.67. The number of amides is 2. The monoisotopic (exact) mass is 436 g/mol. The van der Waals surface area contributed by atoms with Crippen molar-refractivity contribution in [3.8, 4) is 5.75 Å². The number of methoxy groups -OCH3 is 1. The van der Waals surface area contributed by atoms with Gasteiger partial charge in [0.2, 0.25) is 5.91 Å². The molecule has 3 aromatic rings. The highest BCUT2D eigenvalue weighted by Crippen LogP contribution is 2.21. The number of nitrogens with zero attached hydrogens (tertiary/aromatic N) is 4. The zero-order valence-corrected chi connectivity index (χ0v) is 17.3. The summed E-state index contributed by atoms with van der Waals surface area (Å²) < 4.78 is 6.78. The van der Waals surface area contributed by atoms with E-state index in [0.717, 1.165) is 5.56 Å². The maximum Gasteiger partial charge on any atom is 0.307 e. The van der Waals surface area contributed by atoms with Gasteiger partial charge in [0.1, 0.15) is 18.1 Å². The van der Waals surface area contributed by atoms with E-state index in [2.05, 4.69) is 20.9 Å². The molecule has 32 heavy (non-hydrogen) atoms. The molecular weight excluding hydrogens is 416 g/mol. The minimum atomic E-state index is -0.514. The lowest BCUT2D eigenvalue weighted by atomic mass is 10.1. The third kappa shape index (κ3) is 5.75. The normalized spacial score (nSPS) is 10.7. The van der Waals surface area contributed by atoms with Crippen molar-refractivity contribution in [1.82, 2.24) is 15.2 Å². The van der Waals surface area contributed by atoms with Crippen LogP contribution in [-0.4, -0.2) is 39.8 Å². The fourth-order valence-corrected chi connectivity index (χ4v) is 2.85. The van der Waals surface area contributed by atoms with Crippen LogP contribution in [0, 0.1) is 10.1 Å². The van der Waals surface area contributed by atoms with Gasteiger partial charge in [-0.15, -0.1) is 0 Å². The number of hydrazone groups is 1. The average molecular weight is 436 g/mol. The summed E-state index contributed by atoms with van der Waals surface area (Å²) >= 11 is 0. The molecule has 0 bridgehead atoms. The quantitative estimate of drug-likeness (QED) is 0.316. The summed E-state index contributed by atoms with van der Waals surface area (Å²) in [5.41, 5.74) is 4.72. The summed E-state index contributed by atoms with van der Waals surface area (Å²) in [5.74, 6) is -0.0201. The van der Waals surface area contributed by atoms with Gasteiger partial charge in [-0.25, -0.2) is 5.43 Å². The highest BCUT2D eigenvalue weighted by Gasteiger charge is 2.11. The molecule has 11 heteroatoms. The number of aromatic nitrogens is 2. The van der Waals surface area contributed by atoms with Crippen LogP contribution in [0.5, 0.6) is 5.75 Å². The van der Waals surface area contributed by atoms with Crippen molar-refractivity contribution < 1.29 is 19.2 Å². The molecule has 1 heterocycles. The van der Waals surface area contributed by atoms with Gasteiger partial charge in [0.05, 0.1) is 24.8 Å². The molecule has 0 aliphatic heterocycles. The third-order valence-electron chi connectivity index (χ3n) is 4.31. The first-order valence-electron chi connectivity index (χ1n) is 9.40. The van der Waals surface area contributed by atoms with Gasteiger partial charge in [-0.2, -0.15) is 10.2 Å². The molecule has 164 valence electrons. The Morgan fingerprint density at radius 3 is 2.62 bits per heavy atom. The van der Waals surface area contributed by atoms with Crippen LogP contribution >= 0.6 is 0 Å². The molecule has 2 aromatic carbocycles. The highest BCUT2D eigenvalue weighted by molar-refractivity contribution is 5.96. The van der Waals surface area contributed by atoms with Crippen LogP contribution in [0.15, 0.2) is 60.0 Å². The molecule has 0 saturated carbocycles. The van der Waals surface area contributed by atoms with Gasteiger partial charge in [0.25, 0.3) is 5.91 Å². The van der Waals surface area contributed by atoms with E-state index in [1.165, 1.54) is 37.3 Å². The van der Waals surface area contributed by atoms with E-state index in [1.54, 1.807) is 42.5 Å². The largest absolute Gasteiger partial charge is 0.496 e. The van der Waals surface area contributed by atoms with Gasteiger partial charge in [0, 0.05) is 23.7 Å². The van der Waals surface area contributed by atoms with Crippen molar-refractivity contribution >= 4 is 29.4 Å². The van der Waals surface area contributed by atoms with Crippen LogP contribution in [0.2, 0.25) is 0 Å². The summed E-state index contributed by atoms with van der Waals surface area (Å²) in [5, 5.41) is 21.4. The van der Waals surface area contributed by atoms with Crippen molar-refractivity contribution in [2.45, 2.75) is 13.5 Å². The summed E-state index contributed by atoms with van der Waals surface area (Å²) in [6.45, 7) is 1.66. The van der Waals surface area contributed by atoms with E-state index in [-0.39, 0.29) is 18.1 Å². The third-order valence-corrected chi connectivity index (χ3v) is 4.31. The van der Waals surface area contributed by atoms with Gasteiger partial charge in [-0.05, 0) is 48.0 Å². The Kier molecular flexibility index (Phi) is 6.91. The number of nitro groups is 1. The molecule has 11 nitrogen and oxygen atoms in total. The topological polar surface area (TPSA) is 141 Å². The SMILES string of the molecule is COc1ccc(/C=N/NC(=O)c2ccc(NC(C)=O)cc2)cc1Cn1cc([N+](=O)[O-])cn1. The van der Waals surface area contributed by atoms with Crippen LogP contribution in [0.1, 0.15) is 28.4 Å². The zero-order chi connectivity index (χ0) is 23.1. The predicted octanol–water partition coefficient (Wildman–Crippen LogP) is 2.57. The summed E-state index contributed by atoms with van der Waals surface area (Å²) in [6, 6.07) is 11.7. The first kappa shape index (κ1) is 22.2. The first-order chi connectivity index (χ1) is 15.4. The molecule has 0 fully saturated rings. The van der Waals surface area contributed by atoms with E-state index >= 15 is 0 Å². The van der Waals surface area contributed by atoms with Crippen LogP contribution in [0.25, 0.3) is 0 Å². The molecule has 2 amide bonds.